The molecule has 2 unspecified atom stereocenters. The van der Waals surface area contributed by atoms with Crippen LogP contribution in [0.3, 0.4) is 0 Å². The van der Waals surface area contributed by atoms with Gasteiger partial charge in [0.05, 0.1) is 6.61 Å². The first-order chi connectivity index (χ1) is 9.09. The Morgan fingerprint density at radius 2 is 1.79 bits per heavy atom. The topological polar surface area (TPSA) is 21.3 Å². The van der Waals surface area contributed by atoms with Crippen LogP contribution in [0.25, 0.3) is 0 Å². The van der Waals surface area contributed by atoms with Gasteiger partial charge in [-0.25, -0.2) is 0 Å². The van der Waals surface area contributed by atoms with Crippen molar-refractivity contribution in [2.24, 2.45) is 17.8 Å². The zero-order chi connectivity index (χ0) is 14.1. The van der Waals surface area contributed by atoms with Crippen molar-refractivity contribution in [3.63, 3.8) is 0 Å². The normalized spacial score (nSPS) is 24.9. The summed E-state index contributed by atoms with van der Waals surface area (Å²) in [5, 5.41) is 3.68. The number of rotatable bonds is 8. The van der Waals surface area contributed by atoms with E-state index < -0.39 is 0 Å². The Hall–Kier alpha value is -0.0800. The van der Waals surface area contributed by atoms with Crippen molar-refractivity contribution in [2.45, 2.75) is 72.3 Å². The molecule has 0 aromatic rings. The van der Waals surface area contributed by atoms with Crippen LogP contribution >= 0.6 is 0 Å². The van der Waals surface area contributed by atoms with Crippen LogP contribution in [-0.4, -0.2) is 25.8 Å². The van der Waals surface area contributed by atoms with Crippen LogP contribution in [0.2, 0.25) is 0 Å². The summed E-state index contributed by atoms with van der Waals surface area (Å²) in [5.74, 6) is 2.56. The van der Waals surface area contributed by atoms with Crippen LogP contribution in [0.15, 0.2) is 0 Å². The fourth-order valence-corrected chi connectivity index (χ4v) is 2.96. The Morgan fingerprint density at radius 1 is 1.00 bits per heavy atom. The summed E-state index contributed by atoms with van der Waals surface area (Å²) >= 11 is 0. The third kappa shape index (κ3) is 7.94. The molecule has 2 atom stereocenters. The third-order valence-electron chi connectivity index (χ3n) is 4.48. The minimum absolute atomic E-state index is 0.734. The molecule has 2 heteroatoms. The van der Waals surface area contributed by atoms with Gasteiger partial charge >= 0.3 is 0 Å². The summed E-state index contributed by atoms with van der Waals surface area (Å²) in [5.41, 5.74) is 0. The van der Waals surface area contributed by atoms with Gasteiger partial charge in [0, 0.05) is 19.2 Å². The molecule has 0 saturated heterocycles. The summed E-state index contributed by atoms with van der Waals surface area (Å²) in [6, 6.07) is 0.734. The highest BCUT2D eigenvalue weighted by atomic mass is 16.5. The Balaban J connectivity index is 2.03. The first-order valence-electron chi connectivity index (χ1n) is 8.40. The molecule has 0 amide bonds. The molecule has 1 aliphatic carbocycles. The van der Waals surface area contributed by atoms with E-state index >= 15 is 0 Å². The number of hydrogen-bond acceptors (Lipinski definition) is 2. The zero-order valence-corrected chi connectivity index (χ0v) is 13.6. The second-order valence-corrected chi connectivity index (χ2v) is 6.96. The summed E-state index contributed by atoms with van der Waals surface area (Å²) < 4.78 is 5.66. The van der Waals surface area contributed by atoms with E-state index in [0.717, 1.165) is 43.6 Å². The minimum atomic E-state index is 0.734. The largest absolute Gasteiger partial charge is 0.380 e. The molecule has 0 aromatic carbocycles. The lowest BCUT2D eigenvalue weighted by Gasteiger charge is -2.19. The van der Waals surface area contributed by atoms with Crippen LogP contribution in [-0.2, 0) is 4.74 Å². The first kappa shape index (κ1) is 17.0. The van der Waals surface area contributed by atoms with Crippen LogP contribution < -0.4 is 5.32 Å². The standard InChI is InChI=1S/C17H35NO/c1-14(2)10-12-19-13-11-18-17-7-5-6-16(8-9-17)15(3)4/h14-18H,5-13H2,1-4H3. The molecule has 0 radical (unpaired) electrons. The molecule has 1 fully saturated rings. The molecule has 0 spiro atoms. The van der Waals surface area contributed by atoms with E-state index in [1.54, 1.807) is 0 Å². The van der Waals surface area contributed by atoms with Gasteiger partial charge in [-0.3, -0.25) is 0 Å². The molecule has 19 heavy (non-hydrogen) atoms. The van der Waals surface area contributed by atoms with Crippen molar-refractivity contribution in [1.82, 2.24) is 5.32 Å². The summed E-state index contributed by atoms with van der Waals surface area (Å²) in [7, 11) is 0. The fraction of sp³-hybridized carbons (Fsp3) is 1.00. The van der Waals surface area contributed by atoms with Gasteiger partial charge in [0.2, 0.25) is 0 Å². The SMILES string of the molecule is CC(C)CCOCCNC1CCCC(C(C)C)CC1. The van der Waals surface area contributed by atoms with Crippen molar-refractivity contribution in [2.75, 3.05) is 19.8 Å². The van der Waals surface area contributed by atoms with Gasteiger partial charge in [-0.15, -0.1) is 0 Å². The van der Waals surface area contributed by atoms with Gasteiger partial charge in [0.15, 0.2) is 0 Å². The van der Waals surface area contributed by atoms with Crippen LogP contribution in [0, 0.1) is 17.8 Å². The monoisotopic (exact) mass is 269 g/mol. The molecular formula is C17H35NO. The quantitative estimate of drug-likeness (QED) is 0.525. The molecule has 1 rings (SSSR count). The van der Waals surface area contributed by atoms with Gasteiger partial charge in [-0.05, 0) is 43.4 Å². The molecule has 2 nitrogen and oxygen atoms in total. The Morgan fingerprint density at radius 3 is 2.47 bits per heavy atom. The molecule has 0 aromatic heterocycles. The lowest BCUT2D eigenvalue weighted by atomic mass is 9.89. The van der Waals surface area contributed by atoms with Crippen LogP contribution in [0.4, 0.5) is 0 Å². The summed E-state index contributed by atoms with van der Waals surface area (Å²) in [4.78, 5) is 0. The average molecular weight is 269 g/mol. The van der Waals surface area contributed by atoms with E-state index in [4.69, 9.17) is 4.74 Å². The predicted octanol–water partition coefficient (Wildman–Crippen LogP) is 4.24. The van der Waals surface area contributed by atoms with Crippen molar-refractivity contribution < 1.29 is 4.74 Å². The highest BCUT2D eigenvalue weighted by Gasteiger charge is 2.20. The predicted molar refractivity (Wildman–Crippen MR) is 83.5 cm³/mol. The third-order valence-corrected chi connectivity index (χ3v) is 4.48. The van der Waals surface area contributed by atoms with E-state index in [1.165, 1.54) is 38.5 Å². The Bertz CT molecular complexity index is 215. The molecule has 114 valence electrons. The molecule has 1 saturated carbocycles. The lowest BCUT2D eigenvalue weighted by molar-refractivity contribution is 0.122. The van der Waals surface area contributed by atoms with Gasteiger partial charge in [0.25, 0.3) is 0 Å². The average Bonchev–Trinajstić information content (AvgIpc) is 2.58. The van der Waals surface area contributed by atoms with Gasteiger partial charge in [-0.2, -0.15) is 0 Å². The van der Waals surface area contributed by atoms with Crippen molar-refractivity contribution in [3.05, 3.63) is 0 Å². The van der Waals surface area contributed by atoms with Crippen molar-refractivity contribution in [1.29, 1.82) is 0 Å². The molecule has 0 heterocycles. The van der Waals surface area contributed by atoms with Gasteiger partial charge in [0.1, 0.15) is 0 Å². The molecule has 0 aliphatic heterocycles. The van der Waals surface area contributed by atoms with Gasteiger partial charge in [-0.1, -0.05) is 40.5 Å². The maximum atomic E-state index is 5.66. The van der Waals surface area contributed by atoms with E-state index in [2.05, 4.69) is 33.0 Å². The van der Waals surface area contributed by atoms with Crippen LogP contribution in [0.5, 0.6) is 0 Å². The second kappa shape index (κ2) is 9.77. The highest BCUT2D eigenvalue weighted by molar-refractivity contribution is 4.76. The van der Waals surface area contributed by atoms with Crippen LogP contribution in [0.1, 0.15) is 66.2 Å². The lowest BCUT2D eigenvalue weighted by Crippen LogP contribution is -2.31. The second-order valence-electron chi connectivity index (χ2n) is 6.96. The van der Waals surface area contributed by atoms with Crippen molar-refractivity contribution >= 4 is 0 Å². The maximum Gasteiger partial charge on any atom is 0.0591 e. The molecule has 1 N–H and O–H groups in total. The van der Waals surface area contributed by atoms with Gasteiger partial charge < -0.3 is 10.1 Å². The van der Waals surface area contributed by atoms with E-state index in [0.29, 0.717) is 0 Å². The number of ether oxygens (including phenoxy) is 1. The highest BCUT2D eigenvalue weighted by Crippen LogP contribution is 2.28. The maximum absolute atomic E-state index is 5.66. The molecule has 0 bridgehead atoms. The smallest absolute Gasteiger partial charge is 0.0591 e. The Kier molecular flexibility index (Phi) is 8.72. The van der Waals surface area contributed by atoms with E-state index in [1.807, 2.05) is 0 Å². The minimum Gasteiger partial charge on any atom is -0.380 e. The first-order valence-corrected chi connectivity index (χ1v) is 8.40. The zero-order valence-electron chi connectivity index (χ0n) is 13.6. The Labute approximate surface area is 120 Å². The summed E-state index contributed by atoms with van der Waals surface area (Å²) in [6.07, 6.45) is 8.13. The van der Waals surface area contributed by atoms with Crippen molar-refractivity contribution in [3.8, 4) is 0 Å². The molecular weight excluding hydrogens is 234 g/mol. The summed E-state index contributed by atoms with van der Waals surface area (Å²) in [6.45, 7) is 12.1. The number of hydrogen-bond donors (Lipinski definition) is 1. The number of nitrogens with one attached hydrogen (secondary N) is 1. The molecule has 1 aliphatic rings. The fourth-order valence-electron chi connectivity index (χ4n) is 2.96. The van der Waals surface area contributed by atoms with E-state index in [9.17, 15) is 0 Å². The van der Waals surface area contributed by atoms with E-state index in [-0.39, 0.29) is 0 Å².